The third-order valence-corrected chi connectivity index (χ3v) is 2.64. The Kier molecular flexibility index (Phi) is 3.79. The number of aromatic amines is 1. The molecule has 6 nitrogen and oxygen atoms in total. The SMILES string of the molecule is COc1ccc(C)cc1CC(=O)Nc1n[nH]c(C)n1. The summed E-state index contributed by atoms with van der Waals surface area (Å²) < 4.78 is 5.24. The summed E-state index contributed by atoms with van der Waals surface area (Å²) >= 11 is 0. The summed E-state index contributed by atoms with van der Waals surface area (Å²) in [6.45, 7) is 3.74. The van der Waals surface area contributed by atoms with Gasteiger partial charge in [-0.1, -0.05) is 17.7 Å². The monoisotopic (exact) mass is 260 g/mol. The lowest BCUT2D eigenvalue weighted by atomic mass is 10.1. The predicted molar refractivity (Wildman–Crippen MR) is 71.2 cm³/mol. The minimum atomic E-state index is -0.178. The molecule has 0 fully saturated rings. The van der Waals surface area contributed by atoms with Crippen molar-refractivity contribution in [1.29, 1.82) is 0 Å². The van der Waals surface area contributed by atoms with Crippen molar-refractivity contribution < 1.29 is 9.53 Å². The maximum Gasteiger partial charge on any atom is 0.248 e. The summed E-state index contributed by atoms with van der Waals surface area (Å²) in [6, 6.07) is 5.73. The van der Waals surface area contributed by atoms with Crippen LogP contribution in [-0.4, -0.2) is 28.2 Å². The number of hydrogen-bond donors (Lipinski definition) is 2. The molecule has 2 aromatic rings. The fraction of sp³-hybridized carbons (Fsp3) is 0.308. The van der Waals surface area contributed by atoms with E-state index in [2.05, 4.69) is 20.5 Å². The van der Waals surface area contributed by atoms with Gasteiger partial charge in [-0.25, -0.2) is 0 Å². The van der Waals surface area contributed by atoms with Crippen molar-refractivity contribution in [3.63, 3.8) is 0 Å². The van der Waals surface area contributed by atoms with Crippen LogP contribution in [0.3, 0.4) is 0 Å². The number of anilines is 1. The summed E-state index contributed by atoms with van der Waals surface area (Å²) in [7, 11) is 1.59. The van der Waals surface area contributed by atoms with Crippen molar-refractivity contribution in [1.82, 2.24) is 15.2 Å². The van der Waals surface area contributed by atoms with Crippen molar-refractivity contribution in [3.05, 3.63) is 35.2 Å². The summed E-state index contributed by atoms with van der Waals surface area (Å²) in [6.07, 6.45) is 0.221. The molecule has 1 amide bonds. The first kappa shape index (κ1) is 13.1. The van der Waals surface area contributed by atoms with Gasteiger partial charge in [-0.2, -0.15) is 4.98 Å². The molecule has 100 valence electrons. The molecule has 2 N–H and O–H groups in total. The molecule has 0 aliphatic heterocycles. The number of benzene rings is 1. The van der Waals surface area contributed by atoms with E-state index in [1.54, 1.807) is 14.0 Å². The fourth-order valence-corrected chi connectivity index (χ4v) is 1.79. The molecule has 0 bridgehead atoms. The molecule has 0 atom stereocenters. The molecule has 6 heteroatoms. The van der Waals surface area contributed by atoms with Gasteiger partial charge in [-0.3, -0.25) is 15.2 Å². The number of rotatable bonds is 4. The lowest BCUT2D eigenvalue weighted by Crippen LogP contribution is -2.16. The quantitative estimate of drug-likeness (QED) is 0.875. The van der Waals surface area contributed by atoms with Gasteiger partial charge >= 0.3 is 0 Å². The largest absolute Gasteiger partial charge is 0.496 e. The molecule has 0 aliphatic rings. The van der Waals surface area contributed by atoms with E-state index in [0.717, 1.165) is 11.1 Å². The van der Waals surface area contributed by atoms with Crippen molar-refractivity contribution in [2.24, 2.45) is 0 Å². The number of ether oxygens (including phenoxy) is 1. The average molecular weight is 260 g/mol. The Bertz CT molecular complexity index is 592. The van der Waals surface area contributed by atoms with Crippen LogP contribution in [0.1, 0.15) is 17.0 Å². The molecule has 0 spiro atoms. The minimum Gasteiger partial charge on any atom is -0.496 e. The second-order valence-corrected chi connectivity index (χ2v) is 4.28. The average Bonchev–Trinajstić information content (AvgIpc) is 2.75. The van der Waals surface area contributed by atoms with Crippen molar-refractivity contribution in [2.75, 3.05) is 12.4 Å². The lowest BCUT2D eigenvalue weighted by Gasteiger charge is -2.08. The van der Waals surface area contributed by atoms with Crippen LogP contribution in [0.5, 0.6) is 5.75 Å². The molecule has 0 radical (unpaired) electrons. The minimum absolute atomic E-state index is 0.178. The molecule has 0 unspecified atom stereocenters. The Morgan fingerprint density at radius 1 is 1.42 bits per heavy atom. The number of hydrogen-bond acceptors (Lipinski definition) is 4. The third-order valence-electron chi connectivity index (χ3n) is 2.64. The standard InChI is InChI=1S/C13H16N4O2/c1-8-4-5-11(19-3)10(6-8)7-12(18)15-13-14-9(2)16-17-13/h4-6H,7H2,1-3H3,(H2,14,15,16,17,18). The number of aromatic nitrogens is 3. The maximum atomic E-state index is 11.9. The van der Waals surface area contributed by atoms with E-state index in [-0.39, 0.29) is 18.3 Å². The summed E-state index contributed by atoms with van der Waals surface area (Å²) in [5, 5.41) is 9.16. The van der Waals surface area contributed by atoms with Crippen LogP contribution >= 0.6 is 0 Å². The van der Waals surface area contributed by atoms with E-state index in [0.29, 0.717) is 11.6 Å². The predicted octanol–water partition coefficient (Wildman–Crippen LogP) is 1.61. The van der Waals surface area contributed by atoms with Gasteiger partial charge in [0.25, 0.3) is 0 Å². The van der Waals surface area contributed by atoms with Crippen LogP contribution in [0.4, 0.5) is 5.95 Å². The second-order valence-electron chi connectivity index (χ2n) is 4.28. The van der Waals surface area contributed by atoms with Gasteiger partial charge in [0.1, 0.15) is 11.6 Å². The van der Waals surface area contributed by atoms with Crippen molar-refractivity contribution >= 4 is 11.9 Å². The number of amides is 1. The van der Waals surface area contributed by atoms with Crippen LogP contribution in [-0.2, 0) is 11.2 Å². The highest BCUT2D eigenvalue weighted by atomic mass is 16.5. The van der Waals surface area contributed by atoms with Crippen LogP contribution < -0.4 is 10.1 Å². The van der Waals surface area contributed by atoms with Crippen molar-refractivity contribution in [3.8, 4) is 5.75 Å². The second kappa shape index (κ2) is 5.51. The van der Waals surface area contributed by atoms with Gasteiger partial charge < -0.3 is 4.74 Å². The van der Waals surface area contributed by atoms with Gasteiger partial charge in [-0.05, 0) is 19.9 Å². The topological polar surface area (TPSA) is 79.9 Å². The number of nitrogens with zero attached hydrogens (tertiary/aromatic N) is 2. The van der Waals surface area contributed by atoms with E-state index < -0.39 is 0 Å². The summed E-state index contributed by atoms with van der Waals surface area (Å²) in [4.78, 5) is 15.9. The van der Waals surface area contributed by atoms with Crippen LogP contribution in [0.2, 0.25) is 0 Å². The summed E-state index contributed by atoms with van der Waals surface area (Å²) in [5.41, 5.74) is 1.92. The first-order valence-corrected chi connectivity index (χ1v) is 5.91. The Labute approximate surface area is 111 Å². The zero-order valence-electron chi connectivity index (χ0n) is 11.2. The zero-order chi connectivity index (χ0) is 13.8. The molecular formula is C13H16N4O2. The highest BCUT2D eigenvalue weighted by molar-refractivity contribution is 5.91. The maximum absolute atomic E-state index is 11.9. The number of methoxy groups -OCH3 is 1. The first-order valence-electron chi connectivity index (χ1n) is 5.91. The molecule has 1 heterocycles. The van der Waals surface area contributed by atoms with Gasteiger partial charge in [0.2, 0.25) is 11.9 Å². The first-order chi connectivity index (χ1) is 9.08. The molecule has 1 aromatic heterocycles. The number of carbonyl (C=O) groups excluding carboxylic acids is 1. The highest BCUT2D eigenvalue weighted by Crippen LogP contribution is 2.20. The fourth-order valence-electron chi connectivity index (χ4n) is 1.79. The number of carbonyl (C=O) groups is 1. The molecule has 1 aromatic carbocycles. The van der Waals surface area contributed by atoms with Gasteiger partial charge in [-0.15, -0.1) is 5.10 Å². The molecule has 0 saturated heterocycles. The van der Waals surface area contributed by atoms with E-state index in [9.17, 15) is 4.79 Å². The van der Waals surface area contributed by atoms with E-state index in [1.165, 1.54) is 0 Å². The van der Waals surface area contributed by atoms with Crippen molar-refractivity contribution in [2.45, 2.75) is 20.3 Å². The third kappa shape index (κ3) is 3.31. The van der Waals surface area contributed by atoms with Gasteiger partial charge in [0.05, 0.1) is 13.5 Å². The van der Waals surface area contributed by atoms with E-state index in [1.807, 2.05) is 25.1 Å². The van der Waals surface area contributed by atoms with Crippen LogP contribution in [0, 0.1) is 13.8 Å². The molecule has 0 saturated carbocycles. The summed E-state index contributed by atoms with van der Waals surface area (Å²) in [5.74, 6) is 1.47. The smallest absolute Gasteiger partial charge is 0.248 e. The van der Waals surface area contributed by atoms with Gasteiger partial charge in [0, 0.05) is 5.56 Å². The van der Waals surface area contributed by atoms with E-state index in [4.69, 9.17) is 4.74 Å². The normalized spacial score (nSPS) is 10.3. The highest BCUT2D eigenvalue weighted by Gasteiger charge is 2.11. The molecule has 19 heavy (non-hydrogen) atoms. The van der Waals surface area contributed by atoms with E-state index >= 15 is 0 Å². The van der Waals surface area contributed by atoms with Crippen LogP contribution in [0.25, 0.3) is 0 Å². The Balaban J connectivity index is 2.08. The Hall–Kier alpha value is -2.37. The Morgan fingerprint density at radius 2 is 2.21 bits per heavy atom. The number of H-pyrrole nitrogens is 1. The zero-order valence-corrected chi connectivity index (χ0v) is 11.2. The molecule has 2 rings (SSSR count). The Morgan fingerprint density at radius 3 is 2.84 bits per heavy atom. The molecular weight excluding hydrogens is 244 g/mol. The number of nitrogens with one attached hydrogen (secondary N) is 2. The lowest BCUT2D eigenvalue weighted by molar-refractivity contribution is -0.115. The molecule has 0 aliphatic carbocycles. The van der Waals surface area contributed by atoms with Crippen LogP contribution in [0.15, 0.2) is 18.2 Å². The van der Waals surface area contributed by atoms with Gasteiger partial charge in [0.15, 0.2) is 0 Å². The number of aryl methyl sites for hydroxylation is 2.